The van der Waals surface area contributed by atoms with Crippen LogP contribution in [0.15, 0.2) is 54.6 Å². The van der Waals surface area contributed by atoms with Gasteiger partial charge >= 0.3 is 0 Å². The molecule has 230 valence electrons. The average molecular weight is 621 g/mol. The monoisotopic (exact) mass is 620 g/mol. The van der Waals surface area contributed by atoms with Crippen LogP contribution in [0.2, 0.25) is 0 Å². The van der Waals surface area contributed by atoms with Gasteiger partial charge < -0.3 is 14.4 Å². The molecule has 11 nitrogen and oxygen atoms in total. The number of para-hydroxylation sites is 1. The van der Waals surface area contributed by atoms with Gasteiger partial charge in [0.1, 0.15) is 6.04 Å². The van der Waals surface area contributed by atoms with Crippen LogP contribution in [0.25, 0.3) is 0 Å². The van der Waals surface area contributed by atoms with Gasteiger partial charge in [0, 0.05) is 44.7 Å². The number of nitrogens with one attached hydrogen (secondary N) is 1. The van der Waals surface area contributed by atoms with Crippen LogP contribution in [-0.2, 0) is 46.3 Å². The van der Waals surface area contributed by atoms with Crippen molar-refractivity contribution in [2.45, 2.75) is 30.9 Å². The molecule has 42 heavy (non-hydrogen) atoms. The lowest BCUT2D eigenvalue weighted by molar-refractivity contribution is -0.136. The number of carbonyl (C=O) groups is 1. The molecule has 2 aromatic rings. The van der Waals surface area contributed by atoms with Crippen molar-refractivity contribution in [3.05, 3.63) is 65.7 Å². The number of hydrogen-bond donors (Lipinski definition) is 1. The Labute approximate surface area is 248 Å². The number of morpholine rings is 1. The van der Waals surface area contributed by atoms with Gasteiger partial charge in [0.2, 0.25) is 26.0 Å². The van der Waals surface area contributed by atoms with E-state index in [1.54, 1.807) is 4.90 Å². The van der Waals surface area contributed by atoms with Gasteiger partial charge in [-0.25, -0.2) is 21.6 Å². The van der Waals surface area contributed by atoms with Gasteiger partial charge in [0.15, 0.2) is 0 Å². The Morgan fingerprint density at radius 3 is 2.33 bits per heavy atom. The molecule has 0 radical (unpaired) electrons. The van der Waals surface area contributed by atoms with Gasteiger partial charge in [-0.2, -0.15) is 0 Å². The van der Waals surface area contributed by atoms with Crippen molar-refractivity contribution in [2.24, 2.45) is 0 Å². The van der Waals surface area contributed by atoms with E-state index in [2.05, 4.69) is 4.72 Å². The summed E-state index contributed by atoms with van der Waals surface area (Å²) in [6.45, 7) is 4.11. The molecule has 0 unspecified atom stereocenters. The molecule has 2 fully saturated rings. The topological polar surface area (TPSA) is 126 Å². The first-order valence-corrected chi connectivity index (χ1v) is 17.8. The highest BCUT2D eigenvalue weighted by atomic mass is 32.2. The van der Waals surface area contributed by atoms with Crippen LogP contribution >= 0.6 is 0 Å². The van der Waals surface area contributed by atoms with E-state index >= 15 is 0 Å². The molecule has 1 atom stereocenters. The van der Waals surface area contributed by atoms with Crippen LogP contribution in [0.5, 0.6) is 0 Å². The summed E-state index contributed by atoms with van der Waals surface area (Å²) in [6, 6.07) is 16.0. The van der Waals surface area contributed by atoms with E-state index in [1.165, 1.54) is 10.6 Å². The summed E-state index contributed by atoms with van der Waals surface area (Å²) in [4.78, 5) is 17.5. The highest BCUT2D eigenvalue weighted by Gasteiger charge is 2.48. The lowest BCUT2D eigenvalue weighted by Gasteiger charge is -2.40. The minimum atomic E-state index is -3.78. The first-order chi connectivity index (χ1) is 20.1. The average Bonchev–Trinajstić information content (AvgIpc) is 3.31. The van der Waals surface area contributed by atoms with Gasteiger partial charge in [0.05, 0.1) is 44.1 Å². The number of rotatable bonds is 11. The number of anilines is 1. The zero-order valence-electron chi connectivity index (χ0n) is 24.0. The predicted octanol–water partition coefficient (Wildman–Crippen LogP) is 1.16. The van der Waals surface area contributed by atoms with Crippen molar-refractivity contribution < 1.29 is 31.1 Å². The summed E-state index contributed by atoms with van der Waals surface area (Å²) in [5, 5.41) is 0. The molecule has 0 aromatic heterocycles. The highest BCUT2D eigenvalue weighted by Crippen LogP contribution is 2.47. The molecule has 0 aliphatic carbocycles. The van der Waals surface area contributed by atoms with Crippen LogP contribution in [0.4, 0.5) is 5.69 Å². The Hall–Kier alpha value is -2.55. The summed E-state index contributed by atoms with van der Waals surface area (Å²) in [7, 11) is -7.23. The Bertz CT molecular complexity index is 1440. The third-order valence-corrected chi connectivity index (χ3v) is 10.9. The molecule has 3 aliphatic rings. The predicted molar refractivity (Wildman–Crippen MR) is 160 cm³/mol. The summed E-state index contributed by atoms with van der Waals surface area (Å²) >= 11 is 0. The van der Waals surface area contributed by atoms with E-state index in [0.717, 1.165) is 11.1 Å². The third-order valence-electron chi connectivity index (χ3n) is 8.42. The summed E-state index contributed by atoms with van der Waals surface area (Å²) in [5.41, 5.74) is 2.20. The second kappa shape index (κ2) is 13.0. The molecule has 0 bridgehead atoms. The van der Waals surface area contributed by atoms with Gasteiger partial charge in [-0.3, -0.25) is 14.0 Å². The van der Waals surface area contributed by atoms with Crippen molar-refractivity contribution in [3.63, 3.8) is 0 Å². The molecule has 3 heterocycles. The Morgan fingerprint density at radius 1 is 0.976 bits per heavy atom. The zero-order valence-corrected chi connectivity index (χ0v) is 25.6. The Balaban J connectivity index is 1.26. The van der Waals surface area contributed by atoms with Gasteiger partial charge in [-0.1, -0.05) is 48.5 Å². The van der Waals surface area contributed by atoms with Crippen LogP contribution in [0.3, 0.4) is 0 Å². The molecule has 2 aromatic carbocycles. The van der Waals surface area contributed by atoms with Crippen molar-refractivity contribution in [1.82, 2.24) is 14.5 Å². The SMILES string of the molecule is CS(=O)(=O)N1CC2(CCN(C(=O)[C@@H](COCc3ccccc3)NS(=O)(=O)CCN3CCOCC3)CC2)c2ccccc21. The normalized spacial score (nSPS) is 20.0. The summed E-state index contributed by atoms with van der Waals surface area (Å²) < 4.78 is 66.6. The zero-order chi connectivity index (χ0) is 29.8. The Kier molecular flexibility index (Phi) is 9.55. The van der Waals surface area contributed by atoms with Gasteiger partial charge in [-0.05, 0) is 30.0 Å². The number of ether oxygens (including phenoxy) is 2. The molecular formula is C29H40N4O7S2. The van der Waals surface area contributed by atoms with E-state index in [1.807, 2.05) is 59.5 Å². The fourth-order valence-corrected chi connectivity index (χ4v) is 8.27. The molecule has 2 saturated heterocycles. The molecule has 1 N–H and O–H groups in total. The lowest BCUT2D eigenvalue weighted by Crippen LogP contribution is -2.55. The third kappa shape index (κ3) is 7.32. The molecule has 3 aliphatic heterocycles. The molecule has 0 saturated carbocycles. The minimum Gasteiger partial charge on any atom is -0.379 e. The fraction of sp³-hybridized carbons (Fsp3) is 0.552. The van der Waals surface area contributed by atoms with Crippen LogP contribution < -0.4 is 9.03 Å². The van der Waals surface area contributed by atoms with Crippen molar-refractivity contribution in [3.8, 4) is 0 Å². The van der Waals surface area contributed by atoms with E-state index in [9.17, 15) is 21.6 Å². The smallest absolute Gasteiger partial charge is 0.243 e. The maximum Gasteiger partial charge on any atom is 0.243 e. The number of fused-ring (bicyclic) bond motifs is 2. The maximum absolute atomic E-state index is 13.8. The van der Waals surface area contributed by atoms with Gasteiger partial charge in [-0.15, -0.1) is 0 Å². The minimum absolute atomic E-state index is 0.100. The van der Waals surface area contributed by atoms with E-state index < -0.39 is 31.5 Å². The first-order valence-electron chi connectivity index (χ1n) is 14.3. The van der Waals surface area contributed by atoms with Crippen molar-refractivity contribution in [1.29, 1.82) is 0 Å². The lowest BCUT2D eigenvalue weighted by atomic mass is 9.74. The summed E-state index contributed by atoms with van der Waals surface area (Å²) in [6.07, 6.45) is 2.36. The number of piperidine rings is 1. The highest BCUT2D eigenvalue weighted by molar-refractivity contribution is 7.92. The Morgan fingerprint density at radius 2 is 1.64 bits per heavy atom. The van der Waals surface area contributed by atoms with E-state index in [0.29, 0.717) is 71.0 Å². The fourth-order valence-electron chi connectivity index (χ4n) is 6.06. The number of nitrogens with zero attached hydrogens (tertiary/aromatic N) is 3. The van der Waals surface area contributed by atoms with E-state index in [4.69, 9.17) is 9.47 Å². The second-order valence-electron chi connectivity index (χ2n) is 11.3. The van der Waals surface area contributed by atoms with Crippen molar-refractivity contribution >= 4 is 31.6 Å². The number of likely N-dealkylation sites (tertiary alicyclic amines) is 1. The molecule has 1 spiro atoms. The van der Waals surface area contributed by atoms with Crippen LogP contribution in [-0.4, -0.2) is 110 Å². The summed E-state index contributed by atoms with van der Waals surface area (Å²) in [5.74, 6) is -0.462. The van der Waals surface area contributed by atoms with Crippen LogP contribution in [0, 0.1) is 0 Å². The maximum atomic E-state index is 13.8. The first kappa shape index (κ1) is 30.9. The number of hydrogen-bond acceptors (Lipinski definition) is 8. The van der Waals surface area contributed by atoms with Gasteiger partial charge in [0.25, 0.3) is 0 Å². The standard InChI is InChI=1S/C29H40N4O7S2/c1-41(35,36)33-23-29(25-9-5-6-10-27(25)33)11-13-32(14-12-29)28(34)26(22-40-21-24-7-3-2-4-8-24)30-42(37,38)20-17-31-15-18-39-19-16-31/h2-10,26,30H,11-23H2,1H3/t26-/m1/s1. The molecule has 1 amide bonds. The largest absolute Gasteiger partial charge is 0.379 e. The number of benzene rings is 2. The molecular weight excluding hydrogens is 580 g/mol. The molecule has 5 rings (SSSR count). The number of carbonyl (C=O) groups excluding carboxylic acids is 1. The van der Waals surface area contributed by atoms with E-state index in [-0.39, 0.29) is 24.9 Å². The van der Waals surface area contributed by atoms with Crippen molar-refractivity contribution in [2.75, 3.05) is 75.4 Å². The number of amides is 1. The second-order valence-corrected chi connectivity index (χ2v) is 15.1. The van der Waals surface area contributed by atoms with Crippen LogP contribution in [0.1, 0.15) is 24.0 Å². The molecule has 13 heteroatoms. The number of sulfonamides is 2. The quantitative estimate of drug-likeness (QED) is 0.397.